The number of aliphatic hydroxyl groups excluding tert-OH is 1. The molecule has 0 saturated carbocycles. The molecule has 0 atom stereocenters. The lowest BCUT2D eigenvalue weighted by Crippen LogP contribution is -2.28. The van der Waals surface area contributed by atoms with Crippen LogP contribution in [0.4, 0.5) is 0 Å². The average Bonchev–Trinajstić information content (AvgIpc) is 2.65. The molecular weight excluding hydrogens is 246 g/mol. The van der Waals surface area contributed by atoms with Crippen LogP contribution in [0, 0.1) is 0 Å². The van der Waals surface area contributed by atoms with E-state index in [1.54, 1.807) is 6.92 Å². The van der Waals surface area contributed by atoms with E-state index in [0.29, 0.717) is 11.4 Å². The van der Waals surface area contributed by atoms with Gasteiger partial charge in [-0.15, -0.1) is 11.3 Å². The molecule has 6 heteroatoms. The molecule has 0 unspecified atom stereocenters. The third-order valence-corrected chi connectivity index (χ3v) is 4.84. The zero-order chi connectivity index (χ0) is 12.3. The molecule has 0 amide bonds. The van der Waals surface area contributed by atoms with Crippen molar-refractivity contribution in [1.29, 1.82) is 0 Å². The number of thiophene rings is 1. The quantitative estimate of drug-likeness (QED) is 0.816. The maximum absolute atomic E-state index is 12.0. The van der Waals surface area contributed by atoms with Gasteiger partial charge in [0.05, 0.1) is 11.5 Å². The summed E-state index contributed by atoms with van der Waals surface area (Å²) in [5.41, 5.74) is 0.781. The molecule has 16 heavy (non-hydrogen) atoms. The summed E-state index contributed by atoms with van der Waals surface area (Å²) in [6.07, 6.45) is 0. The van der Waals surface area contributed by atoms with Crippen molar-refractivity contribution in [1.82, 2.24) is 4.31 Å². The van der Waals surface area contributed by atoms with Crippen LogP contribution < -0.4 is 0 Å². The second kappa shape index (κ2) is 5.09. The molecule has 90 valence electrons. The summed E-state index contributed by atoms with van der Waals surface area (Å²) in [6, 6.07) is 1.49. The van der Waals surface area contributed by atoms with Crippen LogP contribution in [0.1, 0.15) is 11.8 Å². The van der Waals surface area contributed by atoms with Gasteiger partial charge in [0.1, 0.15) is 0 Å². The molecule has 1 aromatic rings. The highest BCUT2D eigenvalue weighted by Crippen LogP contribution is 2.22. The molecule has 0 aromatic carbocycles. The van der Waals surface area contributed by atoms with Gasteiger partial charge in [-0.25, -0.2) is 8.42 Å². The molecule has 0 saturated heterocycles. The van der Waals surface area contributed by atoms with Gasteiger partial charge in [-0.2, -0.15) is 4.31 Å². The number of nitrogens with zero attached hydrogens (tertiary/aromatic N) is 1. The Morgan fingerprint density at radius 1 is 1.62 bits per heavy atom. The molecule has 0 aliphatic rings. The Morgan fingerprint density at radius 3 is 2.69 bits per heavy atom. The van der Waals surface area contributed by atoms with E-state index >= 15 is 0 Å². The van der Waals surface area contributed by atoms with E-state index in [-0.39, 0.29) is 11.5 Å². The molecule has 0 aliphatic heterocycles. The first-order valence-electron chi connectivity index (χ1n) is 4.67. The fraction of sp³-hybridized carbons (Fsp3) is 0.400. The monoisotopic (exact) mass is 261 g/mol. The van der Waals surface area contributed by atoms with Crippen LogP contribution in [-0.4, -0.2) is 31.4 Å². The van der Waals surface area contributed by atoms with Gasteiger partial charge in [-0.3, -0.25) is 0 Å². The van der Waals surface area contributed by atoms with Gasteiger partial charge in [0, 0.05) is 23.8 Å². The SMILES string of the molecule is C=C(C)CN(C)S(=O)(=O)c1csc(CO)c1. The minimum Gasteiger partial charge on any atom is -0.391 e. The second-order valence-corrected chi connectivity index (χ2v) is 6.67. The highest BCUT2D eigenvalue weighted by molar-refractivity contribution is 7.89. The Labute approximate surface area is 99.9 Å². The molecule has 1 N–H and O–H groups in total. The highest BCUT2D eigenvalue weighted by atomic mass is 32.2. The van der Waals surface area contributed by atoms with Gasteiger partial charge >= 0.3 is 0 Å². The van der Waals surface area contributed by atoms with Gasteiger partial charge in [0.15, 0.2) is 0 Å². The van der Waals surface area contributed by atoms with Crippen LogP contribution in [-0.2, 0) is 16.6 Å². The van der Waals surface area contributed by atoms with E-state index in [0.717, 1.165) is 5.57 Å². The largest absolute Gasteiger partial charge is 0.391 e. The summed E-state index contributed by atoms with van der Waals surface area (Å²) in [5.74, 6) is 0. The Morgan fingerprint density at radius 2 is 2.25 bits per heavy atom. The number of hydrogen-bond acceptors (Lipinski definition) is 4. The predicted molar refractivity (Wildman–Crippen MR) is 64.9 cm³/mol. The molecule has 4 nitrogen and oxygen atoms in total. The Hall–Kier alpha value is -0.690. The number of likely N-dealkylation sites (N-methyl/N-ethyl adjacent to an activating group) is 1. The van der Waals surface area contributed by atoms with E-state index in [4.69, 9.17) is 5.11 Å². The zero-order valence-corrected chi connectivity index (χ0v) is 10.9. The minimum absolute atomic E-state index is 0.135. The van der Waals surface area contributed by atoms with Gasteiger partial charge in [-0.05, 0) is 13.0 Å². The summed E-state index contributed by atoms with van der Waals surface area (Å²) in [6.45, 7) is 5.62. The van der Waals surface area contributed by atoms with Gasteiger partial charge < -0.3 is 5.11 Å². The van der Waals surface area contributed by atoms with E-state index < -0.39 is 10.0 Å². The minimum atomic E-state index is -3.45. The van der Waals surface area contributed by atoms with Crippen molar-refractivity contribution in [2.75, 3.05) is 13.6 Å². The molecule has 1 aromatic heterocycles. The van der Waals surface area contributed by atoms with Gasteiger partial charge in [0.2, 0.25) is 10.0 Å². The molecule has 0 fully saturated rings. The fourth-order valence-corrected chi connectivity index (χ4v) is 3.58. The normalized spacial score (nSPS) is 12.0. The van der Waals surface area contributed by atoms with Crippen LogP contribution in [0.15, 0.2) is 28.5 Å². The smallest absolute Gasteiger partial charge is 0.243 e. The third kappa shape index (κ3) is 2.91. The first-order valence-corrected chi connectivity index (χ1v) is 6.99. The maximum Gasteiger partial charge on any atom is 0.243 e. The van der Waals surface area contributed by atoms with Crippen LogP contribution in [0.2, 0.25) is 0 Å². The molecule has 0 radical (unpaired) electrons. The standard InChI is InChI=1S/C10H15NO3S2/c1-8(2)5-11(3)16(13,14)10-4-9(6-12)15-7-10/h4,7,12H,1,5-6H2,2-3H3. The Kier molecular flexibility index (Phi) is 4.26. The lowest BCUT2D eigenvalue weighted by Gasteiger charge is -2.15. The summed E-state index contributed by atoms with van der Waals surface area (Å²) in [7, 11) is -1.94. The maximum atomic E-state index is 12.0. The molecule has 1 heterocycles. The molecular formula is C10H15NO3S2. The summed E-state index contributed by atoms with van der Waals surface area (Å²) in [5, 5.41) is 10.4. The highest BCUT2D eigenvalue weighted by Gasteiger charge is 2.21. The summed E-state index contributed by atoms with van der Waals surface area (Å²) in [4.78, 5) is 0.868. The lowest BCUT2D eigenvalue weighted by molar-refractivity contribution is 0.285. The van der Waals surface area contributed by atoms with Crippen molar-refractivity contribution in [3.8, 4) is 0 Å². The Bertz CT molecular complexity index is 476. The van der Waals surface area contributed by atoms with Crippen molar-refractivity contribution >= 4 is 21.4 Å². The van der Waals surface area contributed by atoms with Crippen molar-refractivity contribution < 1.29 is 13.5 Å². The molecule has 0 spiro atoms. The first-order chi connectivity index (χ1) is 7.37. The predicted octanol–water partition coefficient (Wildman–Crippen LogP) is 1.44. The van der Waals surface area contributed by atoms with E-state index in [9.17, 15) is 8.42 Å². The molecule has 0 bridgehead atoms. The number of hydrogen-bond donors (Lipinski definition) is 1. The first kappa shape index (κ1) is 13.4. The molecule has 0 aliphatic carbocycles. The van der Waals surface area contributed by atoms with E-state index in [1.807, 2.05) is 0 Å². The number of aliphatic hydroxyl groups is 1. The Balaban J connectivity index is 2.97. The second-order valence-electron chi connectivity index (χ2n) is 3.63. The topological polar surface area (TPSA) is 57.6 Å². The fourth-order valence-electron chi connectivity index (χ4n) is 1.22. The zero-order valence-electron chi connectivity index (χ0n) is 9.30. The lowest BCUT2D eigenvalue weighted by atomic mass is 10.4. The molecule has 1 rings (SSSR count). The summed E-state index contributed by atoms with van der Waals surface area (Å²) < 4.78 is 25.3. The van der Waals surface area contributed by atoms with Crippen LogP contribution >= 0.6 is 11.3 Å². The van der Waals surface area contributed by atoms with E-state index in [2.05, 4.69) is 6.58 Å². The van der Waals surface area contributed by atoms with Crippen LogP contribution in [0.25, 0.3) is 0 Å². The average molecular weight is 261 g/mol. The van der Waals surface area contributed by atoms with Crippen molar-refractivity contribution in [3.05, 3.63) is 28.5 Å². The van der Waals surface area contributed by atoms with Crippen molar-refractivity contribution in [3.63, 3.8) is 0 Å². The van der Waals surface area contributed by atoms with Gasteiger partial charge in [-0.1, -0.05) is 12.2 Å². The van der Waals surface area contributed by atoms with Crippen LogP contribution in [0.5, 0.6) is 0 Å². The van der Waals surface area contributed by atoms with Crippen molar-refractivity contribution in [2.24, 2.45) is 0 Å². The third-order valence-electron chi connectivity index (χ3n) is 1.99. The number of sulfonamides is 1. The van der Waals surface area contributed by atoms with Crippen LogP contribution in [0.3, 0.4) is 0 Å². The number of rotatable bonds is 5. The summed E-state index contributed by atoms with van der Waals surface area (Å²) >= 11 is 1.23. The van der Waals surface area contributed by atoms with Gasteiger partial charge in [0.25, 0.3) is 0 Å². The van der Waals surface area contributed by atoms with Crippen molar-refractivity contribution in [2.45, 2.75) is 18.4 Å². The van der Waals surface area contributed by atoms with E-state index in [1.165, 1.54) is 34.1 Å².